The second-order valence-electron chi connectivity index (χ2n) is 4.64. The van der Waals surface area contributed by atoms with E-state index in [4.69, 9.17) is 4.74 Å². The van der Waals surface area contributed by atoms with E-state index in [1.807, 2.05) is 30.3 Å². The van der Waals surface area contributed by atoms with E-state index in [-0.39, 0.29) is 0 Å². The predicted octanol–water partition coefficient (Wildman–Crippen LogP) is 2.53. The first-order chi connectivity index (χ1) is 9.81. The highest BCUT2D eigenvalue weighted by Crippen LogP contribution is 2.25. The lowest BCUT2D eigenvalue weighted by Gasteiger charge is -2.14. The number of hydrogen-bond acceptors (Lipinski definition) is 4. The number of rotatable bonds is 8. The van der Waals surface area contributed by atoms with Crippen molar-refractivity contribution in [2.75, 3.05) is 31.7 Å². The lowest BCUT2D eigenvalue weighted by Crippen LogP contribution is -2.32. The summed E-state index contributed by atoms with van der Waals surface area (Å²) in [7, 11) is 0. The second-order valence-corrected chi connectivity index (χ2v) is 5.62. The van der Waals surface area contributed by atoms with Crippen molar-refractivity contribution in [3.8, 4) is 5.75 Å². The molecular formula is C16H21NO2S. The van der Waals surface area contributed by atoms with E-state index in [2.05, 4.69) is 23.7 Å². The van der Waals surface area contributed by atoms with E-state index in [1.54, 1.807) is 11.8 Å². The monoisotopic (exact) mass is 291 g/mol. The molecule has 0 radical (unpaired) electrons. The third-order valence-corrected chi connectivity index (χ3v) is 3.66. The van der Waals surface area contributed by atoms with Crippen LogP contribution in [0.15, 0.2) is 42.5 Å². The zero-order chi connectivity index (χ0) is 14.2. The van der Waals surface area contributed by atoms with Gasteiger partial charge in [-0.15, -0.1) is 0 Å². The molecule has 2 aromatic carbocycles. The fraction of sp³-hybridized carbons (Fsp3) is 0.375. The minimum absolute atomic E-state index is 0.306. The third kappa shape index (κ3) is 4.40. The van der Waals surface area contributed by atoms with Crippen LogP contribution in [-0.4, -0.2) is 42.9 Å². The van der Waals surface area contributed by atoms with E-state index in [1.165, 1.54) is 0 Å². The molecule has 3 nitrogen and oxygen atoms in total. The van der Waals surface area contributed by atoms with Crippen LogP contribution in [0.4, 0.5) is 0 Å². The molecule has 0 aliphatic rings. The maximum absolute atomic E-state index is 9.89. The van der Waals surface area contributed by atoms with Crippen molar-refractivity contribution in [3.63, 3.8) is 0 Å². The number of ether oxygens (including phenoxy) is 1. The van der Waals surface area contributed by atoms with Crippen molar-refractivity contribution in [3.05, 3.63) is 42.5 Å². The standard InChI is InChI=1S/C16H21NO2S/c1-20-10-9-17-11-14(18)12-19-16-8-4-6-13-5-2-3-7-15(13)16/h2-8,14,17-18H,9-12H2,1H3. The highest BCUT2D eigenvalue weighted by atomic mass is 32.2. The number of thioether (sulfide) groups is 1. The molecule has 0 saturated carbocycles. The molecule has 2 N–H and O–H groups in total. The van der Waals surface area contributed by atoms with Gasteiger partial charge in [0.1, 0.15) is 18.5 Å². The molecule has 0 aliphatic heterocycles. The molecule has 2 aromatic rings. The van der Waals surface area contributed by atoms with Gasteiger partial charge in [-0.25, -0.2) is 0 Å². The average molecular weight is 291 g/mol. The zero-order valence-corrected chi connectivity index (χ0v) is 12.5. The first-order valence-electron chi connectivity index (χ1n) is 6.79. The summed E-state index contributed by atoms with van der Waals surface area (Å²) < 4.78 is 5.74. The molecule has 0 heterocycles. The fourth-order valence-corrected chi connectivity index (χ4v) is 2.36. The van der Waals surface area contributed by atoms with Gasteiger partial charge in [-0.3, -0.25) is 0 Å². The van der Waals surface area contributed by atoms with Crippen molar-refractivity contribution >= 4 is 22.5 Å². The Morgan fingerprint density at radius 2 is 2.00 bits per heavy atom. The van der Waals surface area contributed by atoms with Gasteiger partial charge in [-0.1, -0.05) is 36.4 Å². The van der Waals surface area contributed by atoms with E-state index >= 15 is 0 Å². The summed E-state index contributed by atoms with van der Waals surface area (Å²) in [5.41, 5.74) is 0. The third-order valence-electron chi connectivity index (χ3n) is 3.04. The Morgan fingerprint density at radius 3 is 2.85 bits per heavy atom. The zero-order valence-electron chi connectivity index (χ0n) is 11.7. The van der Waals surface area contributed by atoms with Gasteiger partial charge in [0.05, 0.1) is 0 Å². The van der Waals surface area contributed by atoms with Crippen LogP contribution in [0.25, 0.3) is 10.8 Å². The van der Waals surface area contributed by atoms with Crippen LogP contribution >= 0.6 is 11.8 Å². The van der Waals surface area contributed by atoms with Gasteiger partial charge in [0.15, 0.2) is 0 Å². The van der Waals surface area contributed by atoms with Crippen LogP contribution in [0.2, 0.25) is 0 Å². The van der Waals surface area contributed by atoms with Gasteiger partial charge < -0.3 is 15.2 Å². The summed E-state index contributed by atoms with van der Waals surface area (Å²) in [6.07, 6.45) is 1.58. The Morgan fingerprint density at radius 1 is 1.20 bits per heavy atom. The van der Waals surface area contributed by atoms with Crippen LogP contribution in [0, 0.1) is 0 Å². The Bertz CT molecular complexity index is 527. The van der Waals surface area contributed by atoms with Crippen LogP contribution in [0.1, 0.15) is 0 Å². The first-order valence-corrected chi connectivity index (χ1v) is 8.19. The number of aliphatic hydroxyl groups is 1. The molecule has 1 unspecified atom stereocenters. The fourth-order valence-electron chi connectivity index (χ4n) is 2.01. The molecule has 0 amide bonds. The van der Waals surface area contributed by atoms with Gasteiger partial charge in [0, 0.05) is 24.2 Å². The molecule has 2 rings (SSSR count). The average Bonchev–Trinajstić information content (AvgIpc) is 2.49. The summed E-state index contributed by atoms with van der Waals surface area (Å²) in [5, 5.41) is 15.3. The van der Waals surface area contributed by atoms with Crippen LogP contribution in [0.5, 0.6) is 5.75 Å². The van der Waals surface area contributed by atoms with Crippen molar-refractivity contribution < 1.29 is 9.84 Å². The molecule has 0 spiro atoms. The van der Waals surface area contributed by atoms with E-state index in [9.17, 15) is 5.11 Å². The van der Waals surface area contributed by atoms with Crippen molar-refractivity contribution in [2.24, 2.45) is 0 Å². The molecule has 20 heavy (non-hydrogen) atoms. The number of fused-ring (bicyclic) bond motifs is 1. The van der Waals surface area contributed by atoms with Crippen molar-refractivity contribution in [2.45, 2.75) is 6.10 Å². The largest absolute Gasteiger partial charge is 0.490 e. The Balaban J connectivity index is 1.86. The number of aliphatic hydroxyl groups excluding tert-OH is 1. The smallest absolute Gasteiger partial charge is 0.127 e. The molecule has 108 valence electrons. The summed E-state index contributed by atoms with van der Waals surface area (Å²) in [5.74, 6) is 1.88. The van der Waals surface area contributed by atoms with Gasteiger partial charge in [0.2, 0.25) is 0 Å². The quantitative estimate of drug-likeness (QED) is 0.733. The van der Waals surface area contributed by atoms with Crippen molar-refractivity contribution in [1.82, 2.24) is 5.32 Å². The van der Waals surface area contributed by atoms with Crippen LogP contribution in [0.3, 0.4) is 0 Å². The minimum Gasteiger partial charge on any atom is -0.490 e. The maximum Gasteiger partial charge on any atom is 0.127 e. The van der Waals surface area contributed by atoms with Gasteiger partial charge in [0.25, 0.3) is 0 Å². The Labute approximate surface area is 124 Å². The van der Waals surface area contributed by atoms with Crippen LogP contribution in [-0.2, 0) is 0 Å². The highest BCUT2D eigenvalue weighted by molar-refractivity contribution is 7.98. The topological polar surface area (TPSA) is 41.5 Å². The molecule has 0 fully saturated rings. The normalized spacial score (nSPS) is 12.5. The number of hydrogen-bond donors (Lipinski definition) is 2. The molecular weight excluding hydrogens is 270 g/mol. The highest BCUT2D eigenvalue weighted by Gasteiger charge is 2.06. The number of benzene rings is 2. The molecule has 0 aliphatic carbocycles. The second kappa shape index (κ2) is 8.15. The lowest BCUT2D eigenvalue weighted by molar-refractivity contribution is 0.108. The van der Waals surface area contributed by atoms with Crippen molar-refractivity contribution in [1.29, 1.82) is 0 Å². The molecule has 0 saturated heterocycles. The number of nitrogens with one attached hydrogen (secondary N) is 1. The summed E-state index contributed by atoms with van der Waals surface area (Å²) >= 11 is 1.79. The van der Waals surface area contributed by atoms with Gasteiger partial charge >= 0.3 is 0 Å². The Kier molecular flexibility index (Phi) is 6.18. The Hall–Kier alpha value is -1.23. The molecule has 0 aromatic heterocycles. The van der Waals surface area contributed by atoms with Gasteiger partial charge in [-0.2, -0.15) is 11.8 Å². The van der Waals surface area contributed by atoms with Gasteiger partial charge in [-0.05, 0) is 17.7 Å². The summed E-state index contributed by atoms with van der Waals surface area (Å²) in [4.78, 5) is 0. The predicted molar refractivity (Wildman–Crippen MR) is 86.7 cm³/mol. The summed E-state index contributed by atoms with van der Waals surface area (Å²) in [6.45, 7) is 1.78. The lowest BCUT2D eigenvalue weighted by atomic mass is 10.1. The minimum atomic E-state index is -0.490. The SMILES string of the molecule is CSCCNCC(O)COc1cccc2ccccc12. The van der Waals surface area contributed by atoms with E-state index in [0.29, 0.717) is 13.2 Å². The van der Waals surface area contributed by atoms with E-state index < -0.39 is 6.10 Å². The first kappa shape index (κ1) is 15.2. The maximum atomic E-state index is 9.89. The molecule has 1 atom stereocenters. The van der Waals surface area contributed by atoms with Crippen LogP contribution < -0.4 is 10.1 Å². The molecule has 0 bridgehead atoms. The van der Waals surface area contributed by atoms with E-state index in [0.717, 1.165) is 28.8 Å². The molecule has 4 heteroatoms. The summed E-state index contributed by atoms with van der Waals surface area (Å²) in [6, 6.07) is 14.1.